The topological polar surface area (TPSA) is 169 Å². The summed E-state index contributed by atoms with van der Waals surface area (Å²) in [5, 5.41) is 21.2. The summed E-state index contributed by atoms with van der Waals surface area (Å²) >= 11 is 0. The fourth-order valence-electron chi connectivity index (χ4n) is 5.65. The van der Waals surface area contributed by atoms with Crippen molar-refractivity contribution in [3.63, 3.8) is 0 Å². The minimum Gasteiger partial charge on any atom is -0.493 e. The number of amides is 3. The van der Waals surface area contributed by atoms with Crippen molar-refractivity contribution in [2.24, 2.45) is 0 Å². The van der Waals surface area contributed by atoms with E-state index in [1.165, 1.54) is 13.4 Å². The first-order valence-corrected chi connectivity index (χ1v) is 16.1. The Morgan fingerprint density at radius 3 is 2.61 bits per heavy atom. The predicted octanol–water partition coefficient (Wildman–Crippen LogP) is 2.70. The third-order valence-corrected chi connectivity index (χ3v) is 8.15. The first kappa shape index (κ1) is 32.9. The van der Waals surface area contributed by atoms with Crippen molar-refractivity contribution in [1.82, 2.24) is 45.7 Å². The van der Waals surface area contributed by atoms with E-state index < -0.39 is 17.9 Å². The molecule has 1 atom stereocenters. The van der Waals surface area contributed by atoms with Gasteiger partial charge in [-0.2, -0.15) is 5.10 Å². The molecule has 0 spiro atoms. The zero-order valence-electron chi connectivity index (χ0n) is 27.0. The number of benzene rings is 3. The summed E-state index contributed by atoms with van der Waals surface area (Å²) in [5.41, 5.74) is 2.88. The molecule has 252 valence electrons. The first-order valence-electron chi connectivity index (χ1n) is 16.1. The SMILES string of the molecule is COc1cccc2c1OCCCn1cc(nn1)CCN(C(=O)c1ccccc1-c1ncn[nH]1)CCNC(=O)[C@H](Cc1ccccc1)NC2=O. The number of hydrogen-bond acceptors (Lipinski definition) is 9. The average Bonchev–Trinajstić information content (AvgIpc) is 3.84. The van der Waals surface area contributed by atoms with Crippen LogP contribution < -0.4 is 20.1 Å². The highest BCUT2D eigenvalue weighted by atomic mass is 16.5. The van der Waals surface area contributed by atoms with Crippen LogP contribution in [0, 0.1) is 0 Å². The molecule has 49 heavy (non-hydrogen) atoms. The van der Waals surface area contributed by atoms with Crippen molar-refractivity contribution in [2.75, 3.05) is 33.4 Å². The maximum atomic E-state index is 14.1. The second-order valence-corrected chi connectivity index (χ2v) is 11.4. The molecule has 14 heteroatoms. The molecule has 3 aromatic carbocycles. The molecule has 2 aromatic heterocycles. The number of hydrogen-bond donors (Lipinski definition) is 3. The third-order valence-electron chi connectivity index (χ3n) is 8.15. The molecule has 0 aliphatic carbocycles. The number of H-pyrrole nitrogens is 1. The molecule has 6 rings (SSSR count). The largest absolute Gasteiger partial charge is 0.493 e. The number of ether oxygens (including phenoxy) is 2. The van der Waals surface area contributed by atoms with Gasteiger partial charge in [0.1, 0.15) is 12.4 Å². The Balaban J connectivity index is 1.29. The second kappa shape index (κ2) is 15.7. The van der Waals surface area contributed by atoms with Crippen LogP contribution in [-0.4, -0.2) is 92.2 Å². The number of aromatic amines is 1. The van der Waals surface area contributed by atoms with Gasteiger partial charge < -0.3 is 25.0 Å². The molecule has 3 N–H and O–H groups in total. The molecule has 14 nitrogen and oxygen atoms in total. The molecule has 2 bridgehead atoms. The van der Waals surface area contributed by atoms with Crippen molar-refractivity contribution in [2.45, 2.75) is 31.8 Å². The maximum absolute atomic E-state index is 14.1. The van der Waals surface area contributed by atoms with Gasteiger partial charge in [0.2, 0.25) is 5.91 Å². The van der Waals surface area contributed by atoms with E-state index in [0.717, 1.165) is 5.56 Å². The molecule has 0 radical (unpaired) electrons. The minimum atomic E-state index is -0.915. The second-order valence-electron chi connectivity index (χ2n) is 11.4. The average molecular weight is 664 g/mol. The van der Waals surface area contributed by atoms with Crippen LogP contribution in [0.25, 0.3) is 11.4 Å². The summed E-state index contributed by atoms with van der Waals surface area (Å²) in [6, 6.07) is 20.8. The number of methoxy groups -OCH3 is 1. The summed E-state index contributed by atoms with van der Waals surface area (Å²) in [6.07, 6.45) is 4.50. The van der Waals surface area contributed by atoms with E-state index in [1.807, 2.05) is 42.6 Å². The van der Waals surface area contributed by atoms with Crippen LogP contribution in [0.4, 0.5) is 0 Å². The molecule has 0 fully saturated rings. The maximum Gasteiger partial charge on any atom is 0.255 e. The minimum absolute atomic E-state index is 0.135. The molecular weight excluding hydrogens is 626 g/mol. The lowest BCUT2D eigenvalue weighted by atomic mass is 10.0. The van der Waals surface area contributed by atoms with E-state index in [1.54, 1.807) is 46.0 Å². The van der Waals surface area contributed by atoms with Crippen molar-refractivity contribution < 1.29 is 23.9 Å². The standard InChI is InChI=1S/C35H37N9O5/c1-48-30-14-7-13-28-31(30)49-20-8-17-44-22-25(40-42-44)15-18-43(35(47)27-12-6-5-11-26(27)32-37-23-38-41-32)19-16-36-34(46)29(39-33(28)45)21-24-9-3-2-4-10-24/h2-7,9-14,22-23,29H,8,15-21H2,1H3,(H,36,46)(H,39,45)(H,37,38,41)/t29-/m0/s1. The van der Waals surface area contributed by atoms with Crippen molar-refractivity contribution >= 4 is 17.7 Å². The number of aryl methyl sites for hydroxylation is 1. The number of nitrogens with one attached hydrogen (secondary N) is 3. The van der Waals surface area contributed by atoms with E-state index in [9.17, 15) is 14.4 Å². The lowest BCUT2D eigenvalue weighted by Gasteiger charge is -2.25. The third kappa shape index (κ3) is 8.09. The zero-order chi connectivity index (χ0) is 34.0. The Labute approximate surface area is 282 Å². The highest BCUT2D eigenvalue weighted by Crippen LogP contribution is 2.31. The van der Waals surface area contributed by atoms with Gasteiger partial charge in [-0.05, 0) is 23.8 Å². The Morgan fingerprint density at radius 2 is 1.80 bits per heavy atom. The van der Waals surface area contributed by atoms with E-state index in [0.29, 0.717) is 60.1 Å². The van der Waals surface area contributed by atoms with Gasteiger partial charge in [-0.25, -0.2) is 4.98 Å². The van der Waals surface area contributed by atoms with Gasteiger partial charge in [-0.1, -0.05) is 59.8 Å². The van der Waals surface area contributed by atoms with Gasteiger partial charge in [0.15, 0.2) is 17.3 Å². The number of fused-ring (bicyclic) bond motifs is 3. The van der Waals surface area contributed by atoms with Crippen molar-refractivity contribution in [3.8, 4) is 22.9 Å². The number of rotatable bonds is 5. The summed E-state index contributed by atoms with van der Waals surface area (Å²) < 4.78 is 13.3. The lowest BCUT2D eigenvalue weighted by Crippen LogP contribution is -2.50. The number of carbonyl (C=O) groups is 3. The van der Waals surface area contributed by atoms with Gasteiger partial charge in [-0.15, -0.1) is 5.10 Å². The van der Waals surface area contributed by atoms with Crippen LogP contribution >= 0.6 is 0 Å². The van der Waals surface area contributed by atoms with Gasteiger partial charge in [-0.3, -0.25) is 24.2 Å². The smallest absolute Gasteiger partial charge is 0.255 e. The zero-order valence-corrected chi connectivity index (χ0v) is 27.0. The summed E-state index contributed by atoms with van der Waals surface area (Å²) in [7, 11) is 1.51. The fourth-order valence-corrected chi connectivity index (χ4v) is 5.65. The van der Waals surface area contributed by atoms with E-state index >= 15 is 0 Å². The summed E-state index contributed by atoms with van der Waals surface area (Å²) in [6.45, 7) is 1.45. The number of nitrogens with zero attached hydrogens (tertiary/aromatic N) is 6. The van der Waals surface area contributed by atoms with Crippen LogP contribution in [0.5, 0.6) is 11.5 Å². The lowest BCUT2D eigenvalue weighted by molar-refractivity contribution is -0.123. The fraction of sp³-hybridized carbons (Fsp3) is 0.286. The number of para-hydroxylation sites is 1. The Kier molecular flexibility index (Phi) is 10.5. The van der Waals surface area contributed by atoms with Crippen molar-refractivity contribution in [1.29, 1.82) is 0 Å². The van der Waals surface area contributed by atoms with Crippen LogP contribution in [0.1, 0.15) is 38.4 Å². The molecule has 5 aromatic rings. The Bertz CT molecular complexity index is 1880. The molecule has 1 aliphatic rings. The van der Waals surface area contributed by atoms with Crippen LogP contribution in [0.15, 0.2) is 85.3 Å². The first-order chi connectivity index (χ1) is 24.0. The van der Waals surface area contributed by atoms with Gasteiger partial charge in [0, 0.05) is 57.2 Å². The van der Waals surface area contributed by atoms with Crippen LogP contribution in [-0.2, 0) is 24.2 Å². The number of aromatic nitrogens is 6. The predicted molar refractivity (Wildman–Crippen MR) is 179 cm³/mol. The van der Waals surface area contributed by atoms with E-state index in [4.69, 9.17) is 9.47 Å². The number of carbonyl (C=O) groups excluding carboxylic acids is 3. The summed E-state index contributed by atoms with van der Waals surface area (Å²) in [4.78, 5) is 47.5. The Morgan fingerprint density at radius 1 is 0.980 bits per heavy atom. The molecule has 3 amide bonds. The van der Waals surface area contributed by atoms with Gasteiger partial charge in [0.05, 0.1) is 30.5 Å². The molecule has 3 heterocycles. The molecule has 1 aliphatic heterocycles. The summed E-state index contributed by atoms with van der Waals surface area (Å²) in [5.74, 6) is 0.0534. The van der Waals surface area contributed by atoms with Crippen LogP contribution in [0.3, 0.4) is 0 Å². The Hall–Kier alpha value is -6.05. The molecule has 0 saturated carbocycles. The quantitative estimate of drug-likeness (QED) is 0.256. The molecular formula is C35H37N9O5. The monoisotopic (exact) mass is 663 g/mol. The van der Waals surface area contributed by atoms with Gasteiger partial charge in [0.25, 0.3) is 11.8 Å². The van der Waals surface area contributed by atoms with Gasteiger partial charge >= 0.3 is 0 Å². The highest BCUT2D eigenvalue weighted by Gasteiger charge is 2.26. The highest BCUT2D eigenvalue weighted by molar-refractivity contribution is 6.01. The molecule has 0 saturated heterocycles. The van der Waals surface area contributed by atoms with E-state index in [2.05, 4.69) is 36.1 Å². The van der Waals surface area contributed by atoms with Crippen molar-refractivity contribution in [3.05, 3.63) is 108 Å². The van der Waals surface area contributed by atoms with Crippen LogP contribution in [0.2, 0.25) is 0 Å². The van der Waals surface area contributed by atoms with E-state index in [-0.39, 0.29) is 37.6 Å². The molecule has 0 unspecified atom stereocenters. The normalized spacial score (nSPS) is 16.2.